The molecule has 0 saturated heterocycles. The van der Waals surface area contributed by atoms with Crippen LogP contribution in [0.3, 0.4) is 0 Å². The predicted molar refractivity (Wildman–Crippen MR) is 59.6 cm³/mol. The first kappa shape index (κ1) is 12.0. The Morgan fingerprint density at radius 1 is 1.60 bits per heavy atom. The molecule has 15 heavy (non-hydrogen) atoms. The van der Waals surface area contributed by atoms with Gasteiger partial charge in [0.05, 0.1) is 4.47 Å². The number of aryl methyl sites for hydroxylation is 1. The SMILES string of the molecule is Cc1cc(Br)c(F)cc1NC(C)C(=O)O. The molecule has 0 aromatic heterocycles. The fourth-order valence-corrected chi connectivity index (χ4v) is 1.55. The zero-order chi connectivity index (χ0) is 11.6. The van der Waals surface area contributed by atoms with Crippen molar-refractivity contribution in [3.8, 4) is 0 Å². The van der Waals surface area contributed by atoms with E-state index in [4.69, 9.17) is 5.11 Å². The van der Waals surface area contributed by atoms with Gasteiger partial charge in [-0.2, -0.15) is 0 Å². The highest BCUT2D eigenvalue weighted by Gasteiger charge is 2.12. The summed E-state index contributed by atoms with van der Waals surface area (Å²) in [6.45, 7) is 3.28. The van der Waals surface area contributed by atoms with Crippen molar-refractivity contribution in [3.63, 3.8) is 0 Å². The third kappa shape index (κ3) is 2.92. The second-order valence-electron chi connectivity index (χ2n) is 3.29. The van der Waals surface area contributed by atoms with Gasteiger partial charge in [0, 0.05) is 5.69 Å². The van der Waals surface area contributed by atoms with Crippen LogP contribution >= 0.6 is 15.9 Å². The summed E-state index contributed by atoms with van der Waals surface area (Å²) in [6, 6.07) is 2.13. The average molecular weight is 276 g/mol. The van der Waals surface area contributed by atoms with Crippen molar-refractivity contribution in [2.75, 3.05) is 5.32 Å². The van der Waals surface area contributed by atoms with Crippen LogP contribution in [0.25, 0.3) is 0 Å². The highest BCUT2D eigenvalue weighted by atomic mass is 79.9. The van der Waals surface area contributed by atoms with E-state index in [0.717, 1.165) is 5.56 Å². The number of hydrogen-bond donors (Lipinski definition) is 2. The van der Waals surface area contributed by atoms with E-state index in [0.29, 0.717) is 10.2 Å². The predicted octanol–water partition coefficient (Wildman–Crippen LogP) is 2.78. The minimum Gasteiger partial charge on any atom is -0.480 e. The molecule has 1 rings (SSSR count). The van der Waals surface area contributed by atoms with E-state index in [2.05, 4.69) is 21.2 Å². The van der Waals surface area contributed by atoms with E-state index in [1.54, 1.807) is 13.0 Å². The molecule has 1 aromatic rings. The van der Waals surface area contributed by atoms with Crippen molar-refractivity contribution in [1.29, 1.82) is 0 Å². The zero-order valence-corrected chi connectivity index (χ0v) is 9.93. The summed E-state index contributed by atoms with van der Waals surface area (Å²) in [5.41, 5.74) is 1.28. The van der Waals surface area contributed by atoms with Crippen LogP contribution in [0.5, 0.6) is 0 Å². The zero-order valence-electron chi connectivity index (χ0n) is 8.34. The third-order valence-corrected chi connectivity index (χ3v) is 2.62. The topological polar surface area (TPSA) is 49.3 Å². The van der Waals surface area contributed by atoms with Gasteiger partial charge in [-0.3, -0.25) is 4.79 Å². The molecule has 2 N–H and O–H groups in total. The highest BCUT2D eigenvalue weighted by molar-refractivity contribution is 9.10. The Morgan fingerprint density at radius 3 is 2.73 bits per heavy atom. The molecule has 0 spiro atoms. The molecule has 0 bridgehead atoms. The van der Waals surface area contributed by atoms with Crippen LogP contribution in [0.4, 0.5) is 10.1 Å². The summed E-state index contributed by atoms with van der Waals surface area (Å²) in [5, 5.41) is 11.4. The van der Waals surface area contributed by atoms with Gasteiger partial charge < -0.3 is 10.4 Å². The molecule has 1 aromatic carbocycles. The van der Waals surface area contributed by atoms with Crippen molar-refractivity contribution in [2.45, 2.75) is 19.9 Å². The van der Waals surface area contributed by atoms with Crippen molar-refractivity contribution in [3.05, 3.63) is 28.0 Å². The quantitative estimate of drug-likeness (QED) is 0.892. The maximum atomic E-state index is 13.2. The summed E-state index contributed by atoms with van der Waals surface area (Å²) in [6.07, 6.45) is 0. The molecule has 0 saturated carbocycles. The first-order chi connectivity index (χ1) is 6.91. The normalized spacial score (nSPS) is 12.3. The highest BCUT2D eigenvalue weighted by Crippen LogP contribution is 2.24. The van der Waals surface area contributed by atoms with Gasteiger partial charge in [-0.15, -0.1) is 0 Å². The Balaban J connectivity index is 2.95. The average Bonchev–Trinajstić information content (AvgIpc) is 2.13. The Bertz CT molecular complexity index is 395. The first-order valence-corrected chi connectivity index (χ1v) is 5.16. The Kier molecular flexibility index (Phi) is 3.68. The van der Waals surface area contributed by atoms with E-state index in [1.807, 2.05) is 0 Å². The summed E-state index contributed by atoms with van der Waals surface area (Å²) < 4.78 is 13.5. The molecule has 82 valence electrons. The summed E-state index contributed by atoms with van der Waals surface area (Å²) in [4.78, 5) is 10.6. The summed E-state index contributed by atoms with van der Waals surface area (Å²) >= 11 is 3.06. The van der Waals surface area contributed by atoms with E-state index in [-0.39, 0.29) is 0 Å². The first-order valence-electron chi connectivity index (χ1n) is 4.37. The molecule has 0 aliphatic heterocycles. The van der Waals surface area contributed by atoms with E-state index in [1.165, 1.54) is 13.0 Å². The number of carbonyl (C=O) groups is 1. The lowest BCUT2D eigenvalue weighted by atomic mass is 10.2. The van der Waals surface area contributed by atoms with Crippen molar-refractivity contribution < 1.29 is 14.3 Å². The molecule has 3 nitrogen and oxygen atoms in total. The van der Waals surface area contributed by atoms with Gasteiger partial charge in [0.15, 0.2) is 0 Å². The van der Waals surface area contributed by atoms with Crippen molar-refractivity contribution >= 4 is 27.6 Å². The van der Waals surface area contributed by atoms with E-state index < -0.39 is 17.8 Å². The number of benzene rings is 1. The summed E-state index contributed by atoms with van der Waals surface area (Å²) in [7, 11) is 0. The van der Waals surface area contributed by atoms with Crippen LogP contribution in [0, 0.1) is 12.7 Å². The molecular weight excluding hydrogens is 265 g/mol. The molecule has 0 heterocycles. The maximum absolute atomic E-state index is 13.2. The number of carboxylic acids is 1. The smallest absolute Gasteiger partial charge is 0.325 e. The number of nitrogens with one attached hydrogen (secondary N) is 1. The van der Waals surface area contributed by atoms with Gasteiger partial charge in [0.1, 0.15) is 11.9 Å². The van der Waals surface area contributed by atoms with Crippen molar-refractivity contribution in [1.82, 2.24) is 0 Å². The number of carboxylic acid groups (broad SMARTS) is 1. The molecule has 1 atom stereocenters. The minimum absolute atomic E-state index is 0.369. The lowest BCUT2D eigenvalue weighted by Crippen LogP contribution is -2.25. The summed E-state index contributed by atoms with van der Waals surface area (Å²) in [5.74, 6) is -1.39. The minimum atomic E-state index is -0.974. The van der Waals surface area contributed by atoms with Crippen LogP contribution in [-0.4, -0.2) is 17.1 Å². The lowest BCUT2D eigenvalue weighted by Gasteiger charge is -2.13. The Hall–Kier alpha value is -1.10. The van der Waals surface area contributed by atoms with E-state index in [9.17, 15) is 9.18 Å². The van der Waals surface area contributed by atoms with Crippen LogP contribution in [0.2, 0.25) is 0 Å². The van der Waals surface area contributed by atoms with Crippen molar-refractivity contribution in [2.24, 2.45) is 0 Å². The largest absolute Gasteiger partial charge is 0.480 e. The second-order valence-corrected chi connectivity index (χ2v) is 4.14. The second kappa shape index (κ2) is 4.61. The molecule has 0 fully saturated rings. The number of rotatable bonds is 3. The molecule has 0 aliphatic carbocycles. The molecule has 5 heteroatoms. The fraction of sp³-hybridized carbons (Fsp3) is 0.300. The maximum Gasteiger partial charge on any atom is 0.325 e. The molecule has 0 amide bonds. The van der Waals surface area contributed by atoms with Gasteiger partial charge in [-0.25, -0.2) is 4.39 Å². The third-order valence-electron chi connectivity index (χ3n) is 2.01. The number of aliphatic carboxylic acids is 1. The molecular formula is C10H11BrFNO2. The van der Waals surface area contributed by atoms with Gasteiger partial charge in [-0.05, 0) is 47.5 Å². The van der Waals surface area contributed by atoms with E-state index >= 15 is 0 Å². The van der Waals surface area contributed by atoms with Crippen LogP contribution in [0.1, 0.15) is 12.5 Å². The van der Waals surface area contributed by atoms with Gasteiger partial charge in [0.25, 0.3) is 0 Å². The number of halogens is 2. The Labute approximate surface area is 95.4 Å². The van der Waals surface area contributed by atoms with Crippen LogP contribution in [-0.2, 0) is 4.79 Å². The van der Waals surface area contributed by atoms with Crippen LogP contribution in [0.15, 0.2) is 16.6 Å². The fourth-order valence-electron chi connectivity index (χ4n) is 1.10. The molecule has 0 radical (unpaired) electrons. The van der Waals surface area contributed by atoms with Gasteiger partial charge >= 0.3 is 5.97 Å². The lowest BCUT2D eigenvalue weighted by molar-refractivity contribution is -0.137. The monoisotopic (exact) mass is 275 g/mol. The van der Waals surface area contributed by atoms with Gasteiger partial charge in [-0.1, -0.05) is 0 Å². The van der Waals surface area contributed by atoms with Crippen LogP contribution < -0.4 is 5.32 Å². The number of hydrogen-bond acceptors (Lipinski definition) is 2. The van der Waals surface area contributed by atoms with Gasteiger partial charge in [0.2, 0.25) is 0 Å². The molecule has 1 unspecified atom stereocenters. The number of anilines is 1. The molecule has 0 aliphatic rings. The standard InChI is InChI=1S/C10H11BrFNO2/c1-5-3-7(11)8(12)4-9(5)13-6(2)10(14)15/h3-4,6,13H,1-2H3,(H,14,15). The Morgan fingerprint density at radius 2 is 2.20 bits per heavy atom.